The van der Waals surface area contributed by atoms with Gasteiger partial charge in [0.15, 0.2) is 5.79 Å². The van der Waals surface area contributed by atoms with Crippen LogP contribution in [0.4, 0.5) is 0 Å². The summed E-state index contributed by atoms with van der Waals surface area (Å²) >= 11 is 0. The van der Waals surface area contributed by atoms with Crippen molar-refractivity contribution in [3.8, 4) is 0 Å². The molecule has 0 spiro atoms. The lowest BCUT2D eigenvalue weighted by atomic mass is 9.43. The molecule has 1 heterocycles. The van der Waals surface area contributed by atoms with Crippen molar-refractivity contribution in [2.75, 3.05) is 6.61 Å². The van der Waals surface area contributed by atoms with E-state index in [0.29, 0.717) is 11.3 Å². The second-order valence-corrected chi connectivity index (χ2v) is 6.76. The molecule has 0 aromatic rings. The minimum atomic E-state index is -0.541. The Morgan fingerprint density at radius 1 is 1.19 bits per heavy atom. The molecule has 4 fully saturated rings. The molecule has 4 rings (SSSR count). The van der Waals surface area contributed by atoms with Crippen molar-refractivity contribution < 1.29 is 14.6 Å². The third kappa shape index (κ3) is 1.09. The van der Waals surface area contributed by atoms with E-state index in [1.807, 2.05) is 13.8 Å². The average Bonchev–Trinajstić information content (AvgIpc) is 2.47. The monoisotopic (exact) mass is 226 g/mol. The van der Waals surface area contributed by atoms with E-state index in [4.69, 9.17) is 9.47 Å². The maximum absolute atomic E-state index is 9.81. The Kier molecular flexibility index (Phi) is 1.94. The summed E-state index contributed by atoms with van der Waals surface area (Å²) in [6.45, 7) is 8.59. The van der Waals surface area contributed by atoms with Crippen molar-refractivity contribution in [1.29, 1.82) is 0 Å². The highest BCUT2D eigenvalue weighted by Gasteiger charge is 2.70. The number of ether oxygens (including phenoxy) is 2. The van der Waals surface area contributed by atoms with Crippen LogP contribution in [-0.2, 0) is 9.47 Å². The predicted molar refractivity (Wildman–Crippen MR) is 59.8 cm³/mol. The zero-order chi connectivity index (χ0) is 11.8. The Labute approximate surface area is 97.1 Å². The van der Waals surface area contributed by atoms with Crippen molar-refractivity contribution in [3.05, 3.63) is 0 Å². The highest BCUT2D eigenvalue weighted by Crippen LogP contribution is 2.66. The first-order chi connectivity index (χ1) is 7.32. The molecule has 92 valence electrons. The van der Waals surface area contributed by atoms with E-state index < -0.39 is 11.4 Å². The van der Waals surface area contributed by atoms with Crippen molar-refractivity contribution in [2.24, 2.45) is 17.3 Å². The van der Waals surface area contributed by atoms with Gasteiger partial charge >= 0.3 is 0 Å². The molecule has 2 bridgehead atoms. The maximum Gasteiger partial charge on any atom is 0.164 e. The fraction of sp³-hybridized carbons (Fsp3) is 1.00. The standard InChI is InChI=1S/C13H22O3/c1-11(2)8-5-9(11)13(7-14)10(6-8)15-12(3,4)16-13/h8-10,14H,5-7H2,1-4H3/t8-,9-,10+,13-/m1/s1. The molecular formula is C13H22O3. The topological polar surface area (TPSA) is 38.7 Å². The molecule has 3 nitrogen and oxygen atoms in total. The SMILES string of the molecule is CC1(C)O[C@H]2C[C@H]3C[C@H](C3(C)C)[C@@]2(CO)O1. The van der Waals surface area contributed by atoms with Crippen molar-refractivity contribution >= 4 is 0 Å². The van der Waals surface area contributed by atoms with Gasteiger partial charge in [0.2, 0.25) is 0 Å². The van der Waals surface area contributed by atoms with Gasteiger partial charge in [0.1, 0.15) is 5.60 Å². The average molecular weight is 226 g/mol. The van der Waals surface area contributed by atoms with E-state index >= 15 is 0 Å². The number of aliphatic hydroxyl groups is 1. The van der Waals surface area contributed by atoms with Crippen LogP contribution in [0.3, 0.4) is 0 Å². The number of aliphatic hydroxyl groups excluding tert-OH is 1. The lowest BCUT2D eigenvalue weighted by Gasteiger charge is -2.64. The molecule has 1 N–H and O–H groups in total. The summed E-state index contributed by atoms with van der Waals surface area (Å²) in [4.78, 5) is 0. The lowest BCUT2D eigenvalue weighted by Crippen LogP contribution is -2.68. The van der Waals surface area contributed by atoms with Gasteiger partial charge in [0.05, 0.1) is 12.7 Å². The third-order valence-electron chi connectivity index (χ3n) is 5.21. The molecule has 3 saturated carbocycles. The molecule has 4 atom stereocenters. The zero-order valence-electron chi connectivity index (χ0n) is 10.6. The highest BCUT2D eigenvalue weighted by molar-refractivity contribution is 5.17. The van der Waals surface area contributed by atoms with E-state index in [-0.39, 0.29) is 12.7 Å². The van der Waals surface area contributed by atoms with Crippen LogP contribution in [0.2, 0.25) is 0 Å². The molecule has 1 aliphatic heterocycles. The quantitative estimate of drug-likeness (QED) is 0.742. The molecule has 0 aromatic heterocycles. The fourth-order valence-corrected chi connectivity index (χ4v) is 4.28. The highest BCUT2D eigenvalue weighted by atomic mass is 16.8. The van der Waals surface area contributed by atoms with Crippen LogP contribution < -0.4 is 0 Å². The number of rotatable bonds is 1. The normalized spacial score (nSPS) is 51.9. The fourth-order valence-electron chi connectivity index (χ4n) is 4.28. The van der Waals surface area contributed by atoms with Gasteiger partial charge in [-0.1, -0.05) is 13.8 Å². The zero-order valence-corrected chi connectivity index (χ0v) is 10.6. The van der Waals surface area contributed by atoms with Gasteiger partial charge in [-0.25, -0.2) is 0 Å². The summed E-state index contributed by atoms with van der Waals surface area (Å²) in [6, 6.07) is 0. The van der Waals surface area contributed by atoms with E-state index in [0.717, 1.165) is 12.3 Å². The Hall–Kier alpha value is -0.120. The lowest BCUT2D eigenvalue weighted by molar-refractivity contribution is -0.241. The minimum Gasteiger partial charge on any atom is -0.393 e. The third-order valence-corrected chi connectivity index (χ3v) is 5.21. The molecule has 4 aliphatic rings. The molecule has 0 radical (unpaired) electrons. The summed E-state index contributed by atoms with van der Waals surface area (Å²) in [5, 5.41) is 9.81. The number of hydrogen-bond donors (Lipinski definition) is 1. The summed E-state index contributed by atoms with van der Waals surface area (Å²) in [6.07, 6.45) is 2.31. The van der Waals surface area contributed by atoms with Crippen molar-refractivity contribution in [3.63, 3.8) is 0 Å². The minimum absolute atomic E-state index is 0.0852. The molecule has 0 aromatic carbocycles. The second-order valence-electron chi connectivity index (χ2n) is 6.76. The van der Waals surface area contributed by atoms with Crippen LogP contribution >= 0.6 is 0 Å². The summed E-state index contributed by atoms with van der Waals surface area (Å²) in [5.74, 6) is 0.635. The first-order valence-corrected chi connectivity index (χ1v) is 6.31. The summed E-state index contributed by atoms with van der Waals surface area (Å²) in [7, 11) is 0. The van der Waals surface area contributed by atoms with Crippen LogP contribution in [-0.4, -0.2) is 29.2 Å². The summed E-state index contributed by atoms with van der Waals surface area (Å²) in [5.41, 5.74) is -0.148. The van der Waals surface area contributed by atoms with E-state index in [9.17, 15) is 5.11 Å². The van der Waals surface area contributed by atoms with Crippen LogP contribution in [0.5, 0.6) is 0 Å². The number of hydrogen-bond acceptors (Lipinski definition) is 3. The molecule has 16 heavy (non-hydrogen) atoms. The van der Waals surface area contributed by atoms with Crippen molar-refractivity contribution in [2.45, 2.75) is 58.0 Å². The van der Waals surface area contributed by atoms with Gasteiger partial charge in [-0.15, -0.1) is 0 Å². The summed E-state index contributed by atoms with van der Waals surface area (Å²) < 4.78 is 12.1. The smallest absolute Gasteiger partial charge is 0.164 e. The van der Waals surface area contributed by atoms with Crippen molar-refractivity contribution in [1.82, 2.24) is 0 Å². The Balaban J connectivity index is 1.98. The predicted octanol–water partition coefficient (Wildman–Crippen LogP) is 1.94. The molecule has 3 aliphatic carbocycles. The van der Waals surface area contributed by atoms with Crippen LogP contribution in [0.1, 0.15) is 40.5 Å². The first-order valence-electron chi connectivity index (χ1n) is 6.31. The second kappa shape index (κ2) is 2.82. The van der Waals surface area contributed by atoms with Crippen LogP contribution in [0.25, 0.3) is 0 Å². The molecule has 0 amide bonds. The van der Waals surface area contributed by atoms with Gasteiger partial charge < -0.3 is 14.6 Å². The Bertz CT molecular complexity index is 323. The van der Waals surface area contributed by atoms with Gasteiger partial charge in [0, 0.05) is 0 Å². The molecular weight excluding hydrogens is 204 g/mol. The van der Waals surface area contributed by atoms with Gasteiger partial charge in [-0.2, -0.15) is 0 Å². The Morgan fingerprint density at radius 3 is 2.44 bits per heavy atom. The van der Waals surface area contributed by atoms with E-state index in [1.54, 1.807) is 0 Å². The van der Waals surface area contributed by atoms with E-state index in [2.05, 4.69) is 13.8 Å². The van der Waals surface area contributed by atoms with E-state index in [1.165, 1.54) is 6.42 Å². The first kappa shape index (κ1) is 11.0. The van der Waals surface area contributed by atoms with Gasteiger partial charge in [0.25, 0.3) is 0 Å². The Morgan fingerprint density at radius 2 is 1.88 bits per heavy atom. The van der Waals surface area contributed by atoms with Crippen LogP contribution in [0, 0.1) is 17.3 Å². The van der Waals surface area contributed by atoms with Gasteiger partial charge in [-0.05, 0) is 43.9 Å². The molecule has 0 unspecified atom stereocenters. The largest absolute Gasteiger partial charge is 0.393 e. The van der Waals surface area contributed by atoms with Gasteiger partial charge in [-0.3, -0.25) is 0 Å². The van der Waals surface area contributed by atoms with Crippen LogP contribution in [0.15, 0.2) is 0 Å². The molecule has 1 saturated heterocycles. The molecule has 3 heteroatoms. The maximum atomic E-state index is 9.81.